The summed E-state index contributed by atoms with van der Waals surface area (Å²) in [5.41, 5.74) is 6.36. The number of rotatable bonds is 4. The van der Waals surface area contributed by atoms with E-state index in [2.05, 4.69) is 0 Å². The van der Waals surface area contributed by atoms with Crippen LogP contribution in [0.3, 0.4) is 0 Å². The van der Waals surface area contributed by atoms with Crippen LogP contribution in [0.1, 0.15) is 44.2 Å². The molecular formula is C15H22FNO. The van der Waals surface area contributed by atoms with Crippen LogP contribution in [0.5, 0.6) is 5.75 Å². The molecule has 0 unspecified atom stereocenters. The van der Waals surface area contributed by atoms with E-state index in [9.17, 15) is 4.39 Å². The van der Waals surface area contributed by atoms with Gasteiger partial charge < -0.3 is 10.5 Å². The van der Waals surface area contributed by atoms with Crippen molar-refractivity contribution in [1.82, 2.24) is 0 Å². The lowest BCUT2D eigenvalue weighted by atomic mass is 9.64. The fraction of sp³-hybridized carbons (Fsp3) is 0.600. The van der Waals surface area contributed by atoms with E-state index >= 15 is 0 Å². The van der Waals surface area contributed by atoms with Crippen molar-refractivity contribution in [2.24, 2.45) is 5.73 Å². The third-order valence-corrected chi connectivity index (χ3v) is 4.16. The Morgan fingerprint density at radius 3 is 2.44 bits per heavy atom. The molecule has 18 heavy (non-hydrogen) atoms. The van der Waals surface area contributed by atoms with Crippen molar-refractivity contribution < 1.29 is 9.13 Å². The van der Waals surface area contributed by atoms with Crippen LogP contribution in [0.25, 0.3) is 0 Å². The second-order valence-corrected chi connectivity index (χ2v) is 5.73. The van der Waals surface area contributed by atoms with Crippen molar-refractivity contribution in [2.75, 3.05) is 13.7 Å². The van der Waals surface area contributed by atoms with E-state index in [1.54, 1.807) is 27.0 Å². The third-order valence-electron chi connectivity index (χ3n) is 4.16. The quantitative estimate of drug-likeness (QED) is 0.891. The molecule has 0 radical (unpaired) electrons. The van der Waals surface area contributed by atoms with Gasteiger partial charge in [-0.25, -0.2) is 4.39 Å². The lowest BCUT2D eigenvalue weighted by Gasteiger charge is -2.42. The van der Waals surface area contributed by atoms with E-state index < -0.39 is 5.67 Å². The monoisotopic (exact) mass is 251 g/mol. The summed E-state index contributed by atoms with van der Waals surface area (Å²) >= 11 is 0. The molecule has 1 aromatic carbocycles. The molecule has 1 fully saturated rings. The number of hydrogen-bond donors (Lipinski definition) is 1. The number of ether oxygens (including phenoxy) is 1. The Bertz CT molecular complexity index is 427. The molecular weight excluding hydrogens is 229 g/mol. The van der Waals surface area contributed by atoms with Crippen molar-refractivity contribution in [3.63, 3.8) is 0 Å². The topological polar surface area (TPSA) is 35.2 Å². The van der Waals surface area contributed by atoms with Crippen molar-refractivity contribution >= 4 is 0 Å². The largest absolute Gasteiger partial charge is 0.496 e. The Morgan fingerprint density at radius 2 is 2.06 bits per heavy atom. The summed E-state index contributed by atoms with van der Waals surface area (Å²) in [6, 6.07) is 5.60. The minimum absolute atomic E-state index is 0.00734. The first-order chi connectivity index (χ1) is 8.43. The molecule has 0 aromatic heterocycles. The molecule has 2 nitrogen and oxygen atoms in total. The summed E-state index contributed by atoms with van der Waals surface area (Å²) in [6.45, 7) is 3.75. The summed E-state index contributed by atoms with van der Waals surface area (Å²) in [7, 11) is 1.65. The van der Waals surface area contributed by atoms with Gasteiger partial charge in [-0.3, -0.25) is 0 Å². The van der Waals surface area contributed by atoms with Gasteiger partial charge in [0.05, 0.1) is 7.11 Å². The van der Waals surface area contributed by atoms with Crippen LogP contribution in [0.2, 0.25) is 0 Å². The van der Waals surface area contributed by atoms with Gasteiger partial charge in [-0.1, -0.05) is 12.5 Å². The van der Waals surface area contributed by atoms with E-state index in [0.29, 0.717) is 12.1 Å². The van der Waals surface area contributed by atoms with Crippen molar-refractivity contribution in [3.8, 4) is 5.75 Å². The Kier molecular flexibility index (Phi) is 3.37. The molecule has 0 bridgehead atoms. The SMILES string of the molecule is COc1ccc(C(C)(C)F)cc1C1(CN)CCC1. The van der Waals surface area contributed by atoms with Crippen molar-refractivity contribution in [2.45, 2.75) is 44.2 Å². The number of alkyl halides is 1. The van der Waals surface area contributed by atoms with Gasteiger partial charge in [0.25, 0.3) is 0 Å². The van der Waals surface area contributed by atoms with E-state index in [-0.39, 0.29) is 5.41 Å². The summed E-state index contributed by atoms with van der Waals surface area (Å²) in [5.74, 6) is 0.827. The molecule has 0 atom stereocenters. The highest BCUT2D eigenvalue weighted by molar-refractivity contribution is 5.45. The maximum Gasteiger partial charge on any atom is 0.130 e. The summed E-state index contributed by atoms with van der Waals surface area (Å²) < 4.78 is 19.5. The first kappa shape index (κ1) is 13.3. The molecule has 1 saturated carbocycles. The zero-order valence-electron chi connectivity index (χ0n) is 11.4. The van der Waals surface area contributed by atoms with E-state index in [4.69, 9.17) is 10.5 Å². The number of halogens is 1. The first-order valence-corrected chi connectivity index (χ1v) is 6.51. The van der Waals surface area contributed by atoms with Crippen LogP contribution < -0.4 is 10.5 Å². The van der Waals surface area contributed by atoms with Crippen LogP contribution in [0, 0.1) is 0 Å². The van der Waals surface area contributed by atoms with Gasteiger partial charge in [-0.2, -0.15) is 0 Å². The smallest absolute Gasteiger partial charge is 0.130 e. The third kappa shape index (κ3) is 2.12. The lowest BCUT2D eigenvalue weighted by molar-refractivity contribution is 0.217. The maximum atomic E-state index is 14.1. The zero-order valence-corrected chi connectivity index (χ0v) is 11.4. The number of nitrogens with two attached hydrogens (primary N) is 1. The molecule has 3 heteroatoms. The number of benzene rings is 1. The second kappa shape index (κ2) is 4.54. The molecule has 1 aliphatic rings. The van der Waals surface area contributed by atoms with Gasteiger partial charge in [0.1, 0.15) is 11.4 Å². The predicted octanol–water partition coefficient (Wildman–Crippen LogP) is 3.28. The van der Waals surface area contributed by atoms with Gasteiger partial charge in [0.2, 0.25) is 0 Å². The standard InChI is InChI=1S/C15H22FNO/c1-14(2,16)11-5-6-13(18-3)12(9-11)15(10-17)7-4-8-15/h5-6,9H,4,7-8,10,17H2,1-3H3. The molecule has 2 rings (SSSR count). The van der Waals surface area contributed by atoms with Gasteiger partial charge in [0, 0.05) is 17.5 Å². The van der Waals surface area contributed by atoms with Gasteiger partial charge in [-0.15, -0.1) is 0 Å². The van der Waals surface area contributed by atoms with Crippen LogP contribution in [0.15, 0.2) is 18.2 Å². The lowest BCUT2D eigenvalue weighted by Crippen LogP contribution is -2.42. The van der Waals surface area contributed by atoms with E-state index in [1.165, 1.54) is 6.42 Å². The minimum Gasteiger partial charge on any atom is -0.496 e. The Hall–Kier alpha value is -1.09. The van der Waals surface area contributed by atoms with Gasteiger partial charge in [0.15, 0.2) is 0 Å². The van der Waals surface area contributed by atoms with Crippen LogP contribution >= 0.6 is 0 Å². The van der Waals surface area contributed by atoms with Crippen LogP contribution in [-0.4, -0.2) is 13.7 Å². The maximum absolute atomic E-state index is 14.1. The second-order valence-electron chi connectivity index (χ2n) is 5.73. The Labute approximate surface area is 108 Å². The Morgan fingerprint density at radius 1 is 1.39 bits per heavy atom. The normalized spacial score (nSPS) is 18.3. The Balaban J connectivity index is 2.49. The van der Waals surface area contributed by atoms with Crippen molar-refractivity contribution in [1.29, 1.82) is 0 Å². The molecule has 0 amide bonds. The van der Waals surface area contributed by atoms with Gasteiger partial charge in [-0.05, 0) is 44.4 Å². The first-order valence-electron chi connectivity index (χ1n) is 6.51. The molecule has 1 aromatic rings. The molecule has 0 heterocycles. The van der Waals surface area contributed by atoms with E-state index in [0.717, 1.165) is 24.2 Å². The highest BCUT2D eigenvalue weighted by Gasteiger charge is 2.40. The molecule has 1 aliphatic carbocycles. The number of hydrogen-bond acceptors (Lipinski definition) is 2. The predicted molar refractivity (Wildman–Crippen MR) is 71.7 cm³/mol. The molecule has 0 spiro atoms. The fourth-order valence-corrected chi connectivity index (χ4v) is 2.68. The van der Waals surface area contributed by atoms with Crippen LogP contribution in [-0.2, 0) is 11.1 Å². The van der Waals surface area contributed by atoms with Crippen molar-refractivity contribution in [3.05, 3.63) is 29.3 Å². The summed E-state index contributed by atoms with van der Waals surface area (Å²) in [6.07, 6.45) is 3.32. The van der Waals surface area contributed by atoms with Gasteiger partial charge >= 0.3 is 0 Å². The summed E-state index contributed by atoms with van der Waals surface area (Å²) in [5, 5.41) is 0. The fourth-order valence-electron chi connectivity index (χ4n) is 2.68. The van der Waals surface area contributed by atoms with Crippen LogP contribution in [0.4, 0.5) is 4.39 Å². The minimum atomic E-state index is -1.33. The van der Waals surface area contributed by atoms with E-state index in [1.807, 2.05) is 12.1 Å². The summed E-state index contributed by atoms with van der Waals surface area (Å²) in [4.78, 5) is 0. The zero-order chi connectivity index (χ0) is 13.4. The average molecular weight is 251 g/mol. The number of methoxy groups -OCH3 is 1. The highest BCUT2D eigenvalue weighted by atomic mass is 19.1. The molecule has 100 valence electrons. The molecule has 0 saturated heterocycles. The molecule has 2 N–H and O–H groups in total. The molecule has 0 aliphatic heterocycles. The highest BCUT2D eigenvalue weighted by Crippen LogP contribution is 2.47. The average Bonchev–Trinajstić information content (AvgIpc) is 2.27.